The van der Waals surface area contributed by atoms with Gasteiger partial charge in [0.1, 0.15) is 5.75 Å². The van der Waals surface area contributed by atoms with Crippen molar-refractivity contribution in [2.75, 3.05) is 0 Å². The molecule has 7 heteroatoms. The molecule has 3 aromatic rings. The van der Waals surface area contributed by atoms with Crippen molar-refractivity contribution in [2.45, 2.75) is 19.6 Å². The van der Waals surface area contributed by atoms with Crippen LogP contribution in [-0.2, 0) is 0 Å². The van der Waals surface area contributed by atoms with Gasteiger partial charge in [-0.3, -0.25) is 0 Å². The normalized spacial score (nSPS) is 12.3. The number of fused-ring (bicyclic) bond motifs is 1. The first-order valence-electron chi connectivity index (χ1n) is 6.91. The number of nitrogens with zero attached hydrogens (tertiary/aromatic N) is 3. The third-order valence-corrected chi connectivity index (χ3v) is 3.11. The molecule has 3 rings (SSSR count). The summed E-state index contributed by atoms with van der Waals surface area (Å²) in [6.45, 7) is -1.09. The summed E-state index contributed by atoms with van der Waals surface area (Å²) in [7, 11) is 0. The molecule has 5 nitrogen and oxygen atoms in total. The van der Waals surface area contributed by atoms with Crippen LogP contribution in [0, 0.1) is 0 Å². The van der Waals surface area contributed by atoms with E-state index in [4.69, 9.17) is 4.74 Å². The number of aromatic nitrogens is 3. The van der Waals surface area contributed by atoms with Gasteiger partial charge in [0.05, 0.1) is 5.52 Å². The van der Waals surface area contributed by atoms with E-state index in [1.165, 1.54) is 6.07 Å². The Kier molecular flexibility index (Phi) is 4.27. The van der Waals surface area contributed by atoms with Crippen molar-refractivity contribution in [3.05, 3.63) is 54.6 Å². The molecule has 0 spiro atoms. The van der Waals surface area contributed by atoms with Gasteiger partial charge in [0, 0.05) is 29.9 Å². The number of alkyl halides is 2. The smallest absolute Gasteiger partial charge is 0.388 e. The van der Waals surface area contributed by atoms with Crippen molar-refractivity contribution in [3.8, 4) is 11.6 Å². The van der Waals surface area contributed by atoms with Crippen LogP contribution >= 0.6 is 0 Å². The molecule has 23 heavy (non-hydrogen) atoms. The molecule has 0 amide bonds. The Morgan fingerprint density at radius 3 is 2.48 bits per heavy atom. The monoisotopic (exact) mass is 317 g/mol. The van der Waals surface area contributed by atoms with E-state index < -0.39 is 6.61 Å². The second kappa shape index (κ2) is 6.51. The Morgan fingerprint density at radius 2 is 1.74 bits per heavy atom. The van der Waals surface area contributed by atoms with Gasteiger partial charge in [-0.05, 0) is 31.2 Å². The fraction of sp³-hybridized carbons (Fsp3) is 0.188. The van der Waals surface area contributed by atoms with E-state index in [1.54, 1.807) is 42.7 Å². The second-order valence-electron chi connectivity index (χ2n) is 4.75. The molecular weight excluding hydrogens is 304 g/mol. The number of benzene rings is 1. The fourth-order valence-corrected chi connectivity index (χ4v) is 2.09. The summed E-state index contributed by atoms with van der Waals surface area (Å²) in [6.07, 6.45) is 2.92. The highest BCUT2D eigenvalue weighted by Gasteiger charge is 2.11. The minimum atomic E-state index is -2.91. The first-order valence-corrected chi connectivity index (χ1v) is 6.91. The van der Waals surface area contributed by atoms with Crippen LogP contribution in [0.5, 0.6) is 11.6 Å². The maximum absolute atomic E-state index is 12.3. The fourth-order valence-electron chi connectivity index (χ4n) is 2.09. The van der Waals surface area contributed by atoms with E-state index in [0.717, 1.165) is 5.39 Å². The summed E-state index contributed by atoms with van der Waals surface area (Å²) in [4.78, 5) is 12.3. The zero-order chi connectivity index (χ0) is 16.2. The average Bonchev–Trinajstić information content (AvgIpc) is 2.55. The topological polar surface area (TPSA) is 57.1 Å². The van der Waals surface area contributed by atoms with E-state index in [9.17, 15) is 8.78 Å². The van der Waals surface area contributed by atoms with Gasteiger partial charge in [-0.2, -0.15) is 8.78 Å². The Labute approximate surface area is 130 Å². The van der Waals surface area contributed by atoms with Gasteiger partial charge >= 0.3 is 6.61 Å². The number of halogens is 2. The van der Waals surface area contributed by atoms with E-state index in [0.29, 0.717) is 17.1 Å². The molecule has 0 aliphatic carbocycles. The zero-order valence-electron chi connectivity index (χ0n) is 12.2. The van der Waals surface area contributed by atoms with Gasteiger partial charge in [0.2, 0.25) is 5.88 Å². The van der Waals surface area contributed by atoms with Crippen molar-refractivity contribution >= 4 is 10.9 Å². The summed E-state index contributed by atoms with van der Waals surface area (Å²) < 4.78 is 34.6. The van der Waals surface area contributed by atoms with E-state index in [-0.39, 0.29) is 12.0 Å². The molecular formula is C16H13F2N3O2. The maximum atomic E-state index is 12.3. The predicted octanol–water partition coefficient (Wildman–Crippen LogP) is 3.77. The number of hydrogen-bond donors (Lipinski definition) is 0. The maximum Gasteiger partial charge on any atom is 0.388 e. The Bertz CT molecular complexity index is 800. The molecule has 0 aliphatic heterocycles. The molecule has 2 heterocycles. The summed E-state index contributed by atoms with van der Waals surface area (Å²) >= 11 is 0. The highest BCUT2D eigenvalue weighted by atomic mass is 19.3. The molecule has 0 saturated heterocycles. The van der Waals surface area contributed by atoms with Gasteiger partial charge in [-0.15, -0.1) is 0 Å². The molecule has 0 aliphatic rings. The highest BCUT2D eigenvalue weighted by molar-refractivity contribution is 5.80. The van der Waals surface area contributed by atoms with Gasteiger partial charge in [-0.25, -0.2) is 15.0 Å². The second-order valence-corrected chi connectivity index (χ2v) is 4.75. The number of pyridine rings is 1. The van der Waals surface area contributed by atoms with E-state index in [1.807, 2.05) is 6.92 Å². The van der Waals surface area contributed by atoms with Crippen molar-refractivity contribution in [3.63, 3.8) is 0 Å². The van der Waals surface area contributed by atoms with Gasteiger partial charge < -0.3 is 9.47 Å². The lowest BCUT2D eigenvalue weighted by Crippen LogP contribution is -2.07. The predicted molar refractivity (Wildman–Crippen MR) is 79.5 cm³/mol. The largest absolute Gasteiger partial charge is 0.483 e. The van der Waals surface area contributed by atoms with Gasteiger partial charge in [0.25, 0.3) is 0 Å². The summed E-state index contributed by atoms with van der Waals surface area (Å²) in [5.41, 5.74) is 0.502. The first kappa shape index (κ1) is 15.1. The average molecular weight is 317 g/mol. The van der Waals surface area contributed by atoms with E-state index >= 15 is 0 Å². The van der Waals surface area contributed by atoms with Crippen LogP contribution < -0.4 is 9.47 Å². The quantitative estimate of drug-likeness (QED) is 0.717. The number of hydrogen-bond acceptors (Lipinski definition) is 5. The number of rotatable bonds is 5. The molecule has 0 saturated carbocycles. The lowest BCUT2D eigenvalue weighted by Gasteiger charge is -2.13. The van der Waals surface area contributed by atoms with Crippen LogP contribution in [0.4, 0.5) is 8.78 Å². The summed E-state index contributed by atoms with van der Waals surface area (Å²) in [5, 5.41) is 0.794. The van der Waals surface area contributed by atoms with Crippen LogP contribution in [0.25, 0.3) is 10.9 Å². The van der Waals surface area contributed by atoms with Crippen LogP contribution in [0.3, 0.4) is 0 Å². The SMILES string of the molecule is CC(Oc1ccc2ccc(OC(F)F)nc2c1)c1ncccn1. The zero-order valence-corrected chi connectivity index (χ0v) is 12.2. The van der Waals surface area contributed by atoms with Crippen molar-refractivity contribution in [1.82, 2.24) is 15.0 Å². The molecule has 118 valence electrons. The molecule has 1 atom stereocenters. The minimum absolute atomic E-state index is 0.135. The Hall–Kier alpha value is -2.83. The molecule has 0 N–H and O–H groups in total. The first-order chi connectivity index (χ1) is 11.1. The summed E-state index contributed by atoms with van der Waals surface area (Å²) in [6, 6.07) is 10.0. The molecule has 1 aromatic carbocycles. The van der Waals surface area contributed by atoms with Crippen molar-refractivity contribution in [1.29, 1.82) is 0 Å². The standard InChI is InChI=1S/C16H13F2N3O2/c1-10(15-19-7-2-8-20-15)22-12-5-3-11-4-6-14(23-16(17)18)21-13(11)9-12/h2-10,16H,1H3. The molecule has 0 radical (unpaired) electrons. The molecule has 2 aromatic heterocycles. The van der Waals surface area contributed by atoms with Crippen LogP contribution in [0.2, 0.25) is 0 Å². The lowest BCUT2D eigenvalue weighted by molar-refractivity contribution is -0.0526. The Morgan fingerprint density at radius 1 is 1.00 bits per heavy atom. The number of ether oxygens (including phenoxy) is 2. The third kappa shape index (κ3) is 3.68. The van der Waals surface area contributed by atoms with Crippen LogP contribution in [-0.4, -0.2) is 21.6 Å². The van der Waals surface area contributed by atoms with Gasteiger partial charge in [0.15, 0.2) is 11.9 Å². The third-order valence-electron chi connectivity index (χ3n) is 3.11. The van der Waals surface area contributed by atoms with Crippen LogP contribution in [0.15, 0.2) is 48.8 Å². The van der Waals surface area contributed by atoms with Crippen LogP contribution in [0.1, 0.15) is 18.9 Å². The van der Waals surface area contributed by atoms with Crippen molar-refractivity contribution < 1.29 is 18.3 Å². The van der Waals surface area contributed by atoms with Gasteiger partial charge in [-0.1, -0.05) is 0 Å². The van der Waals surface area contributed by atoms with Crippen molar-refractivity contribution in [2.24, 2.45) is 0 Å². The molecule has 0 fully saturated rings. The molecule has 1 unspecified atom stereocenters. The summed E-state index contributed by atoms with van der Waals surface area (Å²) in [5.74, 6) is 0.957. The highest BCUT2D eigenvalue weighted by Crippen LogP contribution is 2.25. The minimum Gasteiger partial charge on any atom is -0.483 e. The molecule has 0 bridgehead atoms. The lowest BCUT2D eigenvalue weighted by atomic mass is 10.2. The van der Waals surface area contributed by atoms with E-state index in [2.05, 4.69) is 19.7 Å². The Balaban J connectivity index is 1.84.